The number of quaternary nitrogens is 1. The van der Waals surface area contributed by atoms with Gasteiger partial charge in [0.1, 0.15) is 0 Å². The number of hydrogen-bond donors (Lipinski definition) is 2. The number of benzene rings is 2. The van der Waals surface area contributed by atoms with Crippen molar-refractivity contribution < 1.29 is 32.1 Å². The number of piperazine rings is 1. The maximum absolute atomic E-state index is 13.5. The fourth-order valence-electron chi connectivity index (χ4n) is 3.28. The third-order valence-corrected chi connectivity index (χ3v) is 5.64. The standard InChI is InChI=1S/C20H17Cl2F4N3O2/c21-13-9-17(25)15(23)7-11(13)19(30)27-1-2-28-3-5-29(6-4-28)20(31)12-8-16(24)18(26)10-14(12)22/h7-10H,1-6H2,(H,27,30)/p+1. The lowest BCUT2D eigenvalue weighted by molar-refractivity contribution is -0.902. The first kappa shape index (κ1) is 23.3. The summed E-state index contributed by atoms with van der Waals surface area (Å²) in [7, 11) is 0. The van der Waals surface area contributed by atoms with Crippen LogP contribution in [0, 0.1) is 23.3 Å². The molecule has 2 aromatic rings. The van der Waals surface area contributed by atoms with Crippen molar-refractivity contribution in [1.82, 2.24) is 10.2 Å². The quantitative estimate of drug-likeness (QED) is 0.511. The molecule has 1 fully saturated rings. The highest BCUT2D eigenvalue weighted by Gasteiger charge is 2.26. The van der Waals surface area contributed by atoms with Crippen LogP contribution in [-0.4, -0.2) is 56.0 Å². The summed E-state index contributed by atoms with van der Waals surface area (Å²) in [6, 6.07) is 3.05. The number of nitrogens with zero attached hydrogens (tertiary/aromatic N) is 1. The van der Waals surface area contributed by atoms with E-state index in [-0.39, 0.29) is 27.7 Å². The lowest BCUT2D eigenvalue weighted by Gasteiger charge is -2.32. The molecule has 0 radical (unpaired) electrons. The zero-order valence-electron chi connectivity index (χ0n) is 16.1. The molecule has 0 spiro atoms. The summed E-state index contributed by atoms with van der Waals surface area (Å²) in [5.41, 5.74) is -0.255. The van der Waals surface area contributed by atoms with E-state index in [4.69, 9.17) is 23.2 Å². The second-order valence-corrected chi connectivity index (χ2v) is 7.85. The molecule has 1 aliphatic rings. The molecule has 0 atom stereocenters. The molecule has 31 heavy (non-hydrogen) atoms. The van der Waals surface area contributed by atoms with E-state index in [0.717, 1.165) is 29.2 Å². The van der Waals surface area contributed by atoms with Crippen molar-refractivity contribution in [1.29, 1.82) is 0 Å². The number of halogens is 6. The van der Waals surface area contributed by atoms with Crippen LogP contribution in [0.2, 0.25) is 10.0 Å². The average molecular weight is 479 g/mol. The molecule has 166 valence electrons. The van der Waals surface area contributed by atoms with Crippen LogP contribution in [0.15, 0.2) is 24.3 Å². The molecule has 0 aliphatic carbocycles. The van der Waals surface area contributed by atoms with E-state index in [0.29, 0.717) is 32.7 Å². The molecule has 0 saturated carbocycles. The molecule has 0 bridgehead atoms. The summed E-state index contributed by atoms with van der Waals surface area (Å²) < 4.78 is 53.1. The minimum Gasteiger partial charge on any atom is -0.346 e. The van der Waals surface area contributed by atoms with E-state index in [1.165, 1.54) is 4.90 Å². The van der Waals surface area contributed by atoms with Crippen molar-refractivity contribution in [3.63, 3.8) is 0 Å². The van der Waals surface area contributed by atoms with Crippen LogP contribution < -0.4 is 10.2 Å². The van der Waals surface area contributed by atoms with Crippen LogP contribution in [-0.2, 0) is 0 Å². The average Bonchev–Trinajstić information content (AvgIpc) is 2.73. The number of carbonyl (C=O) groups is 2. The van der Waals surface area contributed by atoms with Crippen LogP contribution in [0.25, 0.3) is 0 Å². The topological polar surface area (TPSA) is 53.9 Å². The van der Waals surface area contributed by atoms with Gasteiger partial charge in [0.15, 0.2) is 23.3 Å². The largest absolute Gasteiger partial charge is 0.346 e. The normalized spacial score (nSPS) is 14.6. The Kier molecular flexibility index (Phi) is 7.40. The van der Waals surface area contributed by atoms with Gasteiger partial charge in [0.2, 0.25) is 0 Å². The molecule has 5 nitrogen and oxygen atoms in total. The Bertz CT molecular complexity index is 1010. The number of carbonyl (C=O) groups excluding carboxylic acids is 2. The fraction of sp³-hybridized carbons (Fsp3) is 0.300. The van der Waals surface area contributed by atoms with Crippen molar-refractivity contribution in [2.75, 3.05) is 39.3 Å². The molecule has 0 aromatic heterocycles. The summed E-state index contributed by atoms with van der Waals surface area (Å²) >= 11 is 11.7. The van der Waals surface area contributed by atoms with Gasteiger partial charge in [-0.2, -0.15) is 0 Å². The van der Waals surface area contributed by atoms with Gasteiger partial charge < -0.3 is 15.1 Å². The highest BCUT2D eigenvalue weighted by Crippen LogP contribution is 2.22. The highest BCUT2D eigenvalue weighted by molar-refractivity contribution is 6.34. The molecular weight excluding hydrogens is 461 g/mol. The van der Waals surface area contributed by atoms with Gasteiger partial charge in [-0.05, 0) is 24.3 Å². The van der Waals surface area contributed by atoms with E-state index in [1.807, 2.05) is 0 Å². The van der Waals surface area contributed by atoms with E-state index < -0.39 is 35.1 Å². The second kappa shape index (κ2) is 9.84. The number of amides is 2. The molecule has 11 heteroatoms. The SMILES string of the molecule is O=C(NCC[NH+]1CCN(C(=O)c2cc(F)c(F)cc2Cl)CC1)c1cc(F)c(F)cc1Cl. The lowest BCUT2D eigenvalue weighted by Crippen LogP contribution is -3.15. The third kappa shape index (κ3) is 5.47. The van der Waals surface area contributed by atoms with Crippen molar-refractivity contribution >= 4 is 35.0 Å². The van der Waals surface area contributed by atoms with Gasteiger partial charge in [-0.25, -0.2) is 17.6 Å². The minimum atomic E-state index is -1.16. The van der Waals surface area contributed by atoms with Gasteiger partial charge in [-0.1, -0.05) is 23.2 Å². The molecule has 3 rings (SSSR count). The van der Waals surface area contributed by atoms with E-state index >= 15 is 0 Å². The molecule has 2 amide bonds. The fourth-order valence-corrected chi connectivity index (χ4v) is 3.74. The predicted octanol–water partition coefficient (Wildman–Crippen LogP) is 2.32. The molecule has 1 aliphatic heterocycles. The van der Waals surface area contributed by atoms with Crippen LogP contribution in [0.3, 0.4) is 0 Å². The minimum absolute atomic E-state index is 0.0975. The van der Waals surface area contributed by atoms with Gasteiger partial charge in [0.05, 0.1) is 60.4 Å². The summed E-state index contributed by atoms with van der Waals surface area (Å²) in [6.07, 6.45) is 0. The zero-order chi connectivity index (χ0) is 22.7. The Morgan fingerprint density at radius 2 is 1.35 bits per heavy atom. The van der Waals surface area contributed by atoms with Gasteiger partial charge in [-0.3, -0.25) is 9.59 Å². The number of rotatable bonds is 5. The Balaban J connectivity index is 1.48. The van der Waals surface area contributed by atoms with Crippen LogP contribution in [0.4, 0.5) is 17.6 Å². The van der Waals surface area contributed by atoms with E-state index in [9.17, 15) is 27.2 Å². The van der Waals surface area contributed by atoms with Crippen LogP contribution in [0.1, 0.15) is 20.7 Å². The molecule has 1 saturated heterocycles. The first-order valence-electron chi connectivity index (χ1n) is 9.37. The van der Waals surface area contributed by atoms with Gasteiger partial charge >= 0.3 is 0 Å². The van der Waals surface area contributed by atoms with Crippen molar-refractivity contribution in [2.24, 2.45) is 0 Å². The molecule has 1 heterocycles. The first-order valence-corrected chi connectivity index (χ1v) is 10.1. The van der Waals surface area contributed by atoms with Crippen LogP contribution >= 0.6 is 23.2 Å². The second-order valence-electron chi connectivity index (χ2n) is 7.04. The summed E-state index contributed by atoms with van der Waals surface area (Å²) in [4.78, 5) is 27.3. The number of nitrogens with one attached hydrogen (secondary N) is 2. The third-order valence-electron chi connectivity index (χ3n) is 5.02. The van der Waals surface area contributed by atoms with Gasteiger partial charge in [0, 0.05) is 0 Å². The summed E-state index contributed by atoms with van der Waals surface area (Å²) in [6.45, 7) is 2.65. The predicted molar refractivity (Wildman–Crippen MR) is 107 cm³/mol. The Labute approximate surface area is 185 Å². The van der Waals surface area contributed by atoms with Crippen molar-refractivity contribution in [3.8, 4) is 0 Å². The van der Waals surface area contributed by atoms with E-state index in [1.54, 1.807) is 0 Å². The molecule has 2 aromatic carbocycles. The maximum atomic E-state index is 13.5. The molecule has 0 unspecified atom stereocenters. The number of hydrogen-bond acceptors (Lipinski definition) is 2. The van der Waals surface area contributed by atoms with Crippen LogP contribution in [0.5, 0.6) is 0 Å². The van der Waals surface area contributed by atoms with Crippen molar-refractivity contribution in [3.05, 3.63) is 68.7 Å². The summed E-state index contributed by atoms with van der Waals surface area (Å²) in [5, 5.41) is 2.26. The smallest absolute Gasteiger partial charge is 0.255 e. The van der Waals surface area contributed by atoms with E-state index in [2.05, 4.69) is 5.32 Å². The lowest BCUT2D eigenvalue weighted by atomic mass is 10.1. The molecular formula is C20H18Cl2F4N3O2+. The first-order chi connectivity index (χ1) is 14.7. The Morgan fingerprint density at radius 3 is 1.94 bits per heavy atom. The Morgan fingerprint density at radius 1 is 0.871 bits per heavy atom. The Hall–Kier alpha value is -2.36. The zero-order valence-corrected chi connectivity index (χ0v) is 17.6. The maximum Gasteiger partial charge on any atom is 0.255 e. The monoisotopic (exact) mass is 478 g/mol. The van der Waals surface area contributed by atoms with Crippen molar-refractivity contribution in [2.45, 2.75) is 0 Å². The van der Waals surface area contributed by atoms with Gasteiger partial charge in [-0.15, -0.1) is 0 Å². The summed E-state index contributed by atoms with van der Waals surface area (Å²) in [5.74, 6) is -5.67. The highest BCUT2D eigenvalue weighted by atomic mass is 35.5. The van der Waals surface area contributed by atoms with Gasteiger partial charge in [0.25, 0.3) is 11.8 Å². The molecule has 2 N–H and O–H groups in total.